The number of carbonyl (C=O) groups is 2. The molecule has 0 unspecified atom stereocenters. The standard InChI is InChI=1S/C18H26N4O2/c1-14-6-10-21(11-7-14)16-5-4-15(12-19-16)18(24)20-13-17(23)22-8-2-3-9-22/h4-5,12,14H,2-3,6-11,13H2,1H3,(H,20,24). The van der Waals surface area contributed by atoms with Gasteiger partial charge in [-0.2, -0.15) is 0 Å². The van der Waals surface area contributed by atoms with E-state index < -0.39 is 0 Å². The highest BCUT2D eigenvalue weighted by Gasteiger charge is 2.19. The van der Waals surface area contributed by atoms with Crippen LogP contribution in [0.4, 0.5) is 5.82 Å². The normalized spacial score (nSPS) is 18.7. The molecular weight excluding hydrogens is 304 g/mol. The molecule has 2 fully saturated rings. The summed E-state index contributed by atoms with van der Waals surface area (Å²) in [6.45, 7) is 5.99. The molecule has 2 aliphatic rings. The Labute approximate surface area is 143 Å². The van der Waals surface area contributed by atoms with Crippen molar-refractivity contribution in [2.45, 2.75) is 32.6 Å². The number of nitrogens with one attached hydrogen (secondary N) is 1. The Morgan fingerprint density at radius 2 is 1.88 bits per heavy atom. The number of nitrogens with zero attached hydrogens (tertiary/aromatic N) is 3. The molecule has 2 aliphatic heterocycles. The minimum Gasteiger partial charge on any atom is -0.357 e. The summed E-state index contributed by atoms with van der Waals surface area (Å²) >= 11 is 0. The highest BCUT2D eigenvalue weighted by atomic mass is 16.2. The van der Waals surface area contributed by atoms with E-state index in [9.17, 15) is 9.59 Å². The molecular formula is C18H26N4O2. The number of piperidine rings is 1. The first-order valence-corrected chi connectivity index (χ1v) is 8.90. The van der Waals surface area contributed by atoms with E-state index in [2.05, 4.69) is 22.1 Å². The summed E-state index contributed by atoms with van der Waals surface area (Å²) in [6.07, 6.45) is 6.08. The Bertz CT molecular complexity index is 573. The van der Waals surface area contributed by atoms with Crippen molar-refractivity contribution in [2.75, 3.05) is 37.6 Å². The predicted molar refractivity (Wildman–Crippen MR) is 93.0 cm³/mol. The van der Waals surface area contributed by atoms with E-state index in [-0.39, 0.29) is 18.4 Å². The van der Waals surface area contributed by atoms with Crippen LogP contribution in [0.2, 0.25) is 0 Å². The minimum absolute atomic E-state index is 0.00661. The van der Waals surface area contributed by atoms with E-state index in [0.717, 1.165) is 50.8 Å². The fourth-order valence-corrected chi connectivity index (χ4v) is 3.28. The van der Waals surface area contributed by atoms with Gasteiger partial charge in [0.05, 0.1) is 12.1 Å². The van der Waals surface area contributed by atoms with Gasteiger partial charge in [0.25, 0.3) is 5.91 Å². The van der Waals surface area contributed by atoms with E-state index >= 15 is 0 Å². The molecule has 0 bridgehead atoms. The maximum atomic E-state index is 12.2. The summed E-state index contributed by atoms with van der Waals surface area (Å²) in [6, 6.07) is 3.68. The van der Waals surface area contributed by atoms with E-state index in [1.54, 1.807) is 17.2 Å². The summed E-state index contributed by atoms with van der Waals surface area (Å²) in [4.78, 5) is 32.6. The van der Waals surface area contributed by atoms with Gasteiger partial charge in [-0.25, -0.2) is 4.98 Å². The molecule has 0 aliphatic carbocycles. The Hall–Kier alpha value is -2.11. The van der Waals surface area contributed by atoms with Crippen molar-refractivity contribution in [2.24, 2.45) is 5.92 Å². The third kappa shape index (κ3) is 4.04. The van der Waals surface area contributed by atoms with E-state index in [0.29, 0.717) is 5.56 Å². The number of aromatic nitrogens is 1. The Morgan fingerprint density at radius 1 is 1.17 bits per heavy atom. The van der Waals surface area contributed by atoms with Gasteiger partial charge in [-0.1, -0.05) is 6.92 Å². The smallest absolute Gasteiger partial charge is 0.253 e. The van der Waals surface area contributed by atoms with E-state index in [1.807, 2.05) is 6.07 Å². The lowest BCUT2D eigenvalue weighted by molar-refractivity contribution is -0.129. The largest absolute Gasteiger partial charge is 0.357 e. The number of pyridine rings is 1. The summed E-state index contributed by atoms with van der Waals surface area (Å²) in [7, 11) is 0. The van der Waals surface area contributed by atoms with Crippen LogP contribution in [0.5, 0.6) is 0 Å². The van der Waals surface area contributed by atoms with Gasteiger partial charge < -0.3 is 15.1 Å². The van der Waals surface area contributed by atoms with Crippen molar-refractivity contribution < 1.29 is 9.59 Å². The zero-order valence-corrected chi connectivity index (χ0v) is 14.3. The van der Waals surface area contributed by atoms with Gasteiger partial charge in [-0.3, -0.25) is 9.59 Å². The van der Waals surface area contributed by atoms with Crippen molar-refractivity contribution in [3.63, 3.8) is 0 Å². The molecule has 0 atom stereocenters. The van der Waals surface area contributed by atoms with Gasteiger partial charge in [-0.15, -0.1) is 0 Å². The van der Waals surface area contributed by atoms with Gasteiger partial charge in [0.1, 0.15) is 5.82 Å². The van der Waals surface area contributed by atoms with Crippen molar-refractivity contribution in [3.8, 4) is 0 Å². The van der Waals surface area contributed by atoms with Crippen LogP contribution in [0.25, 0.3) is 0 Å². The average molecular weight is 330 g/mol. The zero-order chi connectivity index (χ0) is 16.9. The quantitative estimate of drug-likeness (QED) is 0.912. The monoisotopic (exact) mass is 330 g/mol. The molecule has 3 heterocycles. The third-order valence-electron chi connectivity index (χ3n) is 4.98. The van der Waals surface area contributed by atoms with E-state index in [1.165, 1.54) is 12.8 Å². The lowest BCUT2D eigenvalue weighted by atomic mass is 9.99. The van der Waals surface area contributed by atoms with Crippen LogP contribution in [0.3, 0.4) is 0 Å². The molecule has 6 heteroatoms. The number of hydrogen-bond acceptors (Lipinski definition) is 4. The van der Waals surface area contributed by atoms with Crippen LogP contribution >= 0.6 is 0 Å². The minimum atomic E-state index is -0.242. The molecule has 0 radical (unpaired) electrons. The second-order valence-corrected chi connectivity index (χ2v) is 6.85. The first kappa shape index (κ1) is 16.7. The summed E-state index contributed by atoms with van der Waals surface area (Å²) < 4.78 is 0. The highest BCUT2D eigenvalue weighted by Crippen LogP contribution is 2.21. The summed E-state index contributed by atoms with van der Waals surface area (Å²) in [5.41, 5.74) is 0.498. The molecule has 0 spiro atoms. The Kier molecular flexibility index (Phi) is 5.33. The number of hydrogen-bond donors (Lipinski definition) is 1. The lowest BCUT2D eigenvalue weighted by Crippen LogP contribution is -2.38. The van der Waals surface area contributed by atoms with Crippen molar-refractivity contribution in [3.05, 3.63) is 23.9 Å². The Morgan fingerprint density at radius 3 is 2.50 bits per heavy atom. The fourth-order valence-electron chi connectivity index (χ4n) is 3.28. The average Bonchev–Trinajstić information content (AvgIpc) is 3.15. The molecule has 1 N–H and O–H groups in total. The second-order valence-electron chi connectivity index (χ2n) is 6.85. The maximum absolute atomic E-state index is 12.2. The van der Waals surface area contributed by atoms with Gasteiger partial charge in [0.15, 0.2) is 0 Å². The molecule has 0 saturated carbocycles. The van der Waals surface area contributed by atoms with Crippen LogP contribution in [-0.4, -0.2) is 54.4 Å². The molecule has 0 aromatic carbocycles. The van der Waals surface area contributed by atoms with Crippen molar-refractivity contribution in [1.82, 2.24) is 15.2 Å². The van der Waals surface area contributed by atoms with Crippen LogP contribution in [0.15, 0.2) is 18.3 Å². The molecule has 6 nitrogen and oxygen atoms in total. The number of amides is 2. The van der Waals surface area contributed by atoms with Crippen LogP contribution in [0.1, 0.15) is 43.0 Å². The number of anilines is 1. The molecule has 2 saturated heterocycles. The fraction of sp³-hybridized carbons (Fsp3) is 0.611. The second kappa shape index (κ2) is 7.64. The molecule has 3 rings (SSSR count). The number of likely N-dealkylation sites (tertiary alicyclic amines) is 1. The topological polar surface area (TPSA) is 65.5 Å². The van der Waals surface area contributed by atoms with Gasteiger partial charge in [0.2, 0.25) is 5.91 Å². The first-order valence-electron chi connectivity index (χ1n) is 8.90. The highest BCUT2D eigenvalue weighted by molar-refractivity contribution is 5.96. The molecule has 24 heavy (non-hydrogen) atoms. The van der Waals surface area contributed by atoms with Crippen molar-refractivity contribution >= 4 is 17.6 Å². The van der Waals surface area contributed by atoms with Crippen LogP contribution in [-0.2, 0) is 4.79 Å². The number of rotatable bonds is 4. The van der Waals surface area contributed by atoms with Crippen molar-refractivity contribution in [1.29, 1.82) is 0 Å². The first-order chi connectivity index (χ1) is 11.6. The number of carbonyl (C=O) groups excluding carboxylic acids is 2. The van der Waals surface area contributed by atoms with Gasteiger partial charge in [-0.05, 0) is 43.7 Å². The Balaban J connectivity index is 1.51. The van der Waals surface area contributed by atoms with Crippen LogP contribution in [0, 0.1) is 5.92 Å². The maximum Gasteiger partial charge on any atom is 0.253 e. The zero-order valence-electron chi connectivity index (χ0n) is 14.3. The van der Waals surface area contributed by atoms with Gasteiger partial charge in [0, 0.05) is 32.4 Å². The summed E-state index contributed by atoms with van der Waals surface area (Å²) in [5, 5.41) is 2.70. The lowest BCUT2D eigenvalue weighted by Gasteiger charge is -2.31. The predicted octanol–water partition coefficient (Wildman–Crippen LogP) is 1.67. The van der Waals surface area contributed by atoms with Gasteiger partial charge >= 0.3 is 0 Å². The van der Waals surface area contributed by atoms with Crippen LogP contribution < -0.4 is 10.2 Å². The summed E-state index contributed by atoms with van der Waals surface area (Å²) in [5.74, 6) is 1.45. The molecule has 130 valence electrons. The van der Waals surface area contributed by atoms with E-state index in [4.69, 9.17) is 0 Å². The molecule has 1 aromatic rings. The molecule has 1 aromatic heterocycles. The SMILES string of the molecule is CC1CCN(c2ccc(C(=O)NCC(=O)N3CCCC3)cn2)CC1. The third-order valence-corrected chi connectivity index (χ3v) is 4.98. The molecule has 2 amide bonds.